The summed E-state index contributed by atoms with van der Waals surface area (Å²) < 4.78 is 4.61. The molecule has 0 aliphatic heterocycles. The molecular weight excluding hydrogens is 260 g/mol. The van der Waals surface area contributed by atoms with E-state index >= 15 is 0 Å². The highest BCUT2D eigenvalue weighted by Gasteiger charge is 1.99. The maximum Gasteiger partial charge on any atom is 0.305 e. The lowest BCUT2D eigenvalue weighted by atomic mass is 10.0. The van der Waals surface area contributed by atoms with Crippen molar-refractivity contribution in [1.29, 1.82) is 0 Å². The van der Waals surface area contributed by atoms with Crippen LogP contribution in [0.1, 0.15) is 83.5 Å². The maximum atomic E-state index is 10.9. The smallest absolute Gasteiger partial charge is 0.305 e. The molecule has 114 valence electrons. The van der Waals surface area contributed by atoms with Gasteiger partial charge in [0, 0.05) is 12.3 Å². The summed E-state index contributed by atoms with van der Waals surface area (Å²) in [7, 11) is 1.46. The van der Waals surface area contributed by atoms with Crippen LogP contribution in [-0.2, 0) is 9.53 Å². The first kappa shape index (κ1) is 18.8. The Morgan fingerprint density at radius 3 is 1.47 bits per heavy atom. The van der Waals surface area contributed by atoms with Crippen molar-refractivity contribution in [3.05, 3.63) is 0 Å². The fourth-order valence-electron chi connectivity index (χ4n) is 2.23. The van der Waals surface area contributed by atoms with Gasteiger partial charge in [-0.05, 0) is 12.8 Å². The van der Waals surface area contributed by atoms with Crippen LogP contribution in [0.4, 0.5) is 0 Å². The molecule has 0 bridgehead atoms. The molecule has 0 spiro atoms. The van der Waals surface area contributed by atoms with Crippen molar-refractivity contribution in [2.75, 3.05) is 13.0 Å². The number of carbonyl (C=O) groups is 1. The number of hydrogen-bond donors (Lipinski definition) is 0. The summed E-state index contributed by atoms with van der Waals surface area (Å²) in [6, 6.07) is 0. The number of carbonyl (C=O) groups excluding carboxylic acids is 1. The van der Waals surface area contributed by atoms with E-state index in [1.807, 2.05) is 0 Å². The Morgan fingerprint density at radius 2 is 1.11 bits per heavy atom. The molecule has 2 nitrogen and oxygen atoms in total. The zero-order chi connectivity index (χ0) is 14.2. The highest BCUT2D eigenvalue weighted by Crippen LogP contribution is 2.12. The minimum atomic E-state index is -0.0748. The second kappa shape index (κ2) is 15.8. The molecule has 0 saturated carbocycles. The van der Waals surface area contributed by atoms with Crippen molar-refractivity contribution in [3.8, 4) is 0 Å². The summed E-state index contributed by atoms with van der Waals surface area (Å²) in [6.07, 6.45) is 16.0. The van der Waals surface area contributed by atoms with Gasteiger partial charge in [0.15, 0.2) is 0 Å². The van der Waals surface area contributed by atoms with Crippen LogP contribution in [0.5, 0.6) is 0 Å². The highest BCUT2D eigenvalue weighted by atomic mass is 35.5. The van der Waals surface area contributed by atoms with Gasteiger partial charge < -0.3 is 4.74 Å². The number of unbranched alkanes of at least 4 members (excludes halogenated alkanes) is 11. The topological polar surface area (TPSA) is 26.3 Å². The van der Waals surface area contributed by atoms with Gasteiger partial charge in [-0.1, -0.05) is 64.2 Å². The van der Waals surface area contributed by atoms with E-state index in [1.54, 1.807) is 0 Å². The van der Waals surface area contributed by atoms with Crippen LogP contribution in [0.25, 0.3) is 0 Å². The molecule has 0 amide bonds. The first-order valence-electron chi connectivity index (χ1n) is 7.94. The summed E-state index contributed by atoms with van der Waals surface area (Å²) in [4.78, 5) is 10.9. The van der Waals surface area contributed by atoms with Gasteiger partial charge in [0.1, 0.15) is 0 Å². The number of halogens is 1. The van der Waals surface area contributed by atoms with Crippen LogP contribution in [0.15, 0.2) is 0 Å². The van der Waals surface area contributed by atoms with Gasteiger partial charge in [0.2, 0.25) is 0 Å². The summed E-state index contributed by atoms with van der Waals surface area (Å²) in [6.45, 7) is 0. The Labute approximate surface area is 124 Å². The van der Waals surface area contributed by atoms with Crippen molar-refractivity contribution in [2.24, 2.45) is 0 Å². The van der Waals surface area contributed by atoms with Gasteiger partial charge >= 0.3 is 5.97 Å². The van der Waals surface area contributed by atoms with Gasteiger partial charge in [-0.25, -0.2) is 0 Å². The van der Waals surface area contributed by atoms with Crippen molar-refractivity contribution >= 4 is 17.6 Å². The molecule has 0 fully saturated rings. The molecule has 0 radical (unpaired) electrons. The lowest BCUT2D eigenvalue weighted by Gasteiger charge is -2.02. The Bertz CT molecular complexity index is 195. The van der Waals surface area contributed by atoms with Gasteiger partial charge in [0.05, 0.1) is 7.11 Å². The number of esters is 1. The van der Waals surface area contributed by atoms with Gasteiger partial charge in [-0.2, -0.15) is 0 Å². The van der Waals surface area contributed by atoms with Crippen LogP contribution < -0.4 is 0 Å². The van der Waals surface area contributed by atoms with E-state index in [-0.39, 0.29) is 5.97 Å². The quantitative estimate of drug-likeness (QED) is 0.241. The molecule has 0 aromatic heterocycles. The predicted octanol–water partition coefficient (Wildman–Crippen LogP) is 5.47. The minimum absolute atomic E-state index is 0.0748. The number of rotatable bonds is 14. The summed E-state index contributed by atoms with van der Waals surface area (Å²) in [5.41, 5.74) is 0. The molecule has 0 rings (SSSR count). The normalized spacial score (nSPS) is 10.6. The lowest BCUT2D eigenvalue weighted by molar-refractivity contribution is -0.140. The average Bonchev–Trinajstić information content (AvgIpc) is 2.43. The predicted molar refractivity (Wildman–Crippen MR) is 82.8 cm³/mol. The average molecular weight is 291 g/mol. The number of ether oxygens (including phenoxy) is 1. The summed E-state index contributed by atoms with van der Waals surface area (Å²) >= 11 is 5.63. The minimum Gasteiger partial charge on any atom is -0.469 e. The van der Waals surface area contributed by atoms with Gasteiger partial charge in [-0.15, -0.1) is 11.6 Å². The molecule has 0 aliphatic carbocycles. The Balaban J connectivity index is 2.97. The van der Waals surface area contributed by atoms with Crippen molar-refractivity contribution in [1.82, 2.24) is 0 Å². The largest absolute Gasteiger partial charge is 0.469 e. The fraction of sp³-hybridized carbons (Fsp3) is 0.938. The van der Waals surface area contributed by atoms with E-state index in [2.05, 4.69) is 4.74 Å². The van der Waals surface area contributed by atoms with Gasteiger partial charge in [-0.3, -0.25) is 4.79 Å². The number of alkyl halides is 1. The van der Waals surface area contributed by atoms with Crippen molar-refractivity contribution in [3.63, 3.8) is 0 Å². The molecule has 0 unspecified atom stereocenters. The maximum absolute atomic E-state index is 10.9. The lowest BCUT2D eigenvalue weighted by Crippen LogP contribution is -1.99. The Kier molecular flexibility index (Phi) is 15.6. The van der Waals surface area contributed by atoms with Crippen molar-refractivity contribution in [2.45, 2.75) is 83.5 Å². The summed E-state index contributed by atoms with van der Waals surface area (Å²) in [5.74, 6) is 0.741. The van der Waals surface area contributed by atoms with Crippen LogP contribution in [0.2, 0.25) is 0 Å². The summed E-state index contributed by atoms with van der Waals surface area (Å²) in [5, 5.41) is 0. The van der Waals surface area contributed by atoms with E-state index < -0.39 is 0 Å². The van der Waals surface area contributed by atoms with E-state index in [9.17, 15) is 4.79 Å². The zero-order valence-electron chi connectivity index (χ0n) is 12.6. The number of methoxy groups -OCH3 is 1. The Hall–Kier alpha value is -0.240. The molecule has 0 aromatic carbocycles. The third kappa shape index (κ3) is 15.7. The third-order valence-corrected chi connectivity index (χ3v) is 3.76. The fourth-order valence-corrected chi connectivity index (χ4v) is 2.42. The molecule has 0 atom stereocenters. The molecule has 0 N–H and O–H groups in total. The van der Waals surface area contributed by atoms with Crippen LogP contribution >= 0.6 is 11.6 Å². The second-order valence-electron chi connectivity index (χ2n) is 5.26. The molecule has 0 heterocycles. The third-order valence-electron chi connectivity index (χ3n) is 3.49. The first-order chi connectivity index (χ1) is 9.31. The SMILES string of the molecule is COC(=O)CCCCCCCCCCCCCCCl. The molecule has 0 aliphatic rings. The van der Waals surface area contributed by atoms with Crippen LogP contribution in [-0.4, -0.2) is 19.0 Å². The highest BCUT2D eigenvalue weighted by molar-refractivity contribution is 6.17. The monoisotopic (exact) mass is 290 g/mol. The van der Waals surface area contributed by atoms with E-state index in [0.717, 1.165) is 18.7 Å². The van der Waals surface area contributed by atoms with Crippen molar-refractivity contribution < 1.29 is 9.53 Å². The van der Waals surface area contributed by atoms with E-state index in [0.29, 0.717) is 6.42 Å². The molecule has 0 aromatic rings. The van der Waals surface area contributed by atoms with E-state index in [1.165, 1.54) is 71.3 Å². The zero-order valence-corrected chi connectivity index (χ0v) is 13.3. The van der Waals surface area contributed by atoms with Crippen LogP contribution in [0, 0.1) is 0 Å². The van der Waals surface area contributed by atoms with Crippen LogP contribution in [0.3, 0.4) is 0 Å². The molecule has 3 heteroatoms. The molecule has 0 saturated heterocycles. The second-order valence-corrected chi connectivity index (χ2v) is 5.64. The van der Waals surface area contributed by atoms with Gasteiger partial charge in [0.25, 0.3) is 0 Å². The first-order valence-corrected chi connectivity index (χ1v) is 8.47. The standard InChI is InChI=1S/C16H31ClO2/c1-19-16(18)14-12-10-8-6-4-2-3-5-7-9-11-13-15-17/h2-15H2,1H3. The van der Waals surface area contributed by atoms with E-state index in [4.69, 9.17) is 11.6 Å². The molecule has 19 heavy (non-hydrogen) atoms. The Morgan fingerprint density at radius 1 is 0.737 bits per heavy atom. The molecular formula is C16H31ClO2. The number of hydrogen-bond acceptors (Lipinski definition) is 2.